The van der Waals surface area contributed by atoms with Gasteiger partial charge in [-0.1, -0.05) is 57.8 Å². The molecule has 3 rings (SSSR count). The molecular formula is C23H20BrCl2NO4S. The third kappa shape index (κ3) is 5.43. The number of esters is 1. The first-order valence-corrected chi connectivity index (χ1v) is 12.4. The minimum atomic E-state index is -0.646. The topological polar surface area (TPSA) is 76.4 Å². The number of nitriles is 1. The summed E-state index contributed by atoms with van der Waals surface area (Å²) in [5, 5.41) is 9.71. The van der Waals surface area contributed by atoms with Crippen molar-refractivity contribution >= 4 is 62.0 Å². The van der Waals surface area contributed by atoms with Crippen molar-refractivity contribution < 1.29 is 19.1 Å². The van der Waals surface area contributed by atoms with Gasteiger partial charge in [0.25, 0.3) is 0 Å². The first-order chi connectivity index (χ1) is 15.0. The molecule has 1 aliphatic heterocycles. The van der Waals surface area contributed by atoms with Gasteiger partial charge in [-0.25, -0.2) is 0 Å². The lowest BCUT2D eigenvalue weighted by atomic mass is 9.90. The van der Waals surface area contributed by atoms with Crippen LogP contribution in [-0.2, 0) is 9.53 Å². The largest absolute Gasteiger partial charge is 0.486 e. The normalized spacial score (nSPS) is 19.8. The van der Waals surface area contributed by atoms with Gasteiger partial charge in [-0.05, 0) is 50.2 Å². The summed E-state index contributed by atoms with van der Waals surface area (Å²) in [6, 6.07) is 11.8. The summed E-state index contributed by atoms with van der Waals surface area (Å²) in [4.78, 5) is 25.0. The van der Waals surface area contributed by atoms with Crippen LogP contribution < -0.4 is 4.74 Å². The molecule has 9 heteroatoms. The van der Waals surface area contributed by atoms with Gasteiger partial charge >= 0.3 is 5.97 Å². The fourth-order valence-electron chi connectivity index (χ4n) is 3.13. The van der Waals surface area contributed by atoms with Crippen LogP contribution in [0.5, 0.6) is 5.75 Å². The van der Waals surface area contributed by atoms with E-state index in [1.165, 1.54) is 6.07 Å². The Bertz CT molecular complexity index is 1100. The van der Waals surface area contributed by atoms with E-state index in [4.69, 9.17) is 32.7 Å². The Morgan fingerprint density at radius 1 is 1.25 bits per heavy atom. The fourth-order valence-corrected chi connectivity index (χ4v) is 4.75. The van der Waals surface area contributed by atoms with Crippen molar-refractivity contribution in [2.24, 2.45) is 5.92 Å². The van der Waals surface area contributed by atoms with Crippen molar-refractivity contribution in [3.05, 3.63) is 63.1 Å². The molecule has 168 valence electrons. The number of halogens is 3. The molecule has 1 unspecified atom stereocenters. The standard InChI is InChI=1S/C23H20BrCl2NO4S/c1-12(11-32-22(29)14-5-6-16(25)17(26)9-14)21(28)30-19-15-8-13(10-27)4-7-18(15)31-23(2,3)20(19)24/h4-9,12,19-20H,11H2,1-3H3/t12?,19-,20+/m0/s1. The van der Waals surface area contributed by atoms with E-state index in [2.05, 4.69) is 22.0 Å². The van der Waals surface area contributed by atoms with Gasteiger partial charge in [-0.15, -0.1) is 0 Å². The zero-order chi connectivity index (χ0) is 23.6. The first-order valence-electron chi connectivity index (χ1n) is 9.73. The average Bonchev–Trinajstić information content (AvgIpc) is 2.76. The summed E-state index contributed by atoms with van der Waals surface area (Å²) in [6.45, 7) is 5.49. The molecule has 0 saturated heterocycles. The molecule has 1 aliphatic rings. The highest BCUT2D eigenvalue weighted by atomic mass is 79.9. The summed E-state index contributed by atoms with van der Waals surface area (Å²) in [7, 11) is 0. The molecule has 0 saturated carbocycles. The quantitative estimate of drug-likeness (QED) is 0.305. The molecule has 0 bridgehead atoms. The van der Waals surface area contributed by atoms with E-state index in [1.54, 1.807) is 37.3 Å². The number of nitrogens with zero attached hydrogens (tertiary/aromatic N) is 1. The Balaban J connectivity index is 1.70. The lowest BCUT2D eigenvalue weighted by Gasteiger charge is -2.41. The molecule has 0 aromatic heterocycles. The Morgan fingerprint density at radius 3 is 2.62 bits per heavy atom. The predicted octanol–water partition coefficient (Wildman–Crippen LogP) is 6.59. The zero-order valence-electron chi connectivity index (χ0n) is 17.5. The van der Waals surface area contributed by atoms with E-state index >= 15 is 0 Å². The summed E-state index contributed by atoms with van der Waals surface area (Å²) in [5.41, 5.74) is 0.845. The number of fused-ring (bicyclic) bond motifs is 1. The zero-order valence-corrected chi connectivity index (χ0v) is 21.4. The van der Waals surface area contributed by atoms with Crippen LogP contribution in [0, 0.1) is 17.2 Å². The van der Waals surface area contributed by atoms with Crippen LogP contribution in [-0.4, -0.2) is 27.3 Å². The fraction of sp³-hybridized carbons (Fsp3) is 0.348. The van der Waals surface area contributed by atoms with Crippen molar-refractivity contribution in [1.29, 1.82) is 5.26 Å². The van der Waals surface area contributed by atoms with E-state index in [9.17, 15) is 14.9 Å². The van der Waals surface area contributed by atoms with Gasteiger partial charge in [0.1, 0.15) is 17.5 Å². The van der Waals surface area contributed by atoms with E-state index < -0.39 is 23.6 Å². The molecule has 32 heavy (non-hydrogen) atoms. The smallest absolute Gasteiger partial charge is 0.310 e. The Hall–Kier alpha value is -1.72. The molecule has 3 atom stereocenters. The summed E-state index contributed by atoms with van der Waals surface area (Å²) >= 11 is 16.5. The van der Waals surface area contributed by atoms with E-state index in [1.807, 2.05) is 13.8 Å². The van der Waals surface area contributed by atoms with Crippen LogP contribution in [0.25, 0.3) is 0 Å². The highest BCUT2D eigenvalue weighted by molar-refractivity contribution is 9.09. The predicted molar refractivity (Wildman–Crippen MR) is 130 cm³/mol. The minimum absolute atomic E-state index is 0.210. The second kappa shape index (κ2) is 10.0. The maximum atomic E-state index is 12.9. The lowest BCUT2D eigenvalue weighted by molar-refractivity contribution is -0.156. The molecule has 0 aliphatic carbocycles. The Labute approximate surface area is 209 Å². The van der Waals surface area contributed by atoms with Crippen molar-refractivity contribution in [1.82, 2.24) is 0 Å². The molecule has 0 N–H and O–H groups in total. The van der Waals surface area contributed by atoms with Crippen molar-refractivity contribution in [2.45, 2.75) is 37.3 Å². The van der Waals surface area contributed by atoms with E-state index in [-0.39, 0.29) is 15.7 Å². The third-order valence-electron chi connectivity index (χ3n) is 5.01. The minimum Gasteiger partial charge on any atom is -0.486 e. The molecular weight excluding hydrogens is 537 g/mol. The number of hydrogen-bond donors (Lipinski definition) is 0. The monoisotopic (exact) mass is 555 g/mol. The van der Waals surface area contributed by atoms with Crippen molar-refractivity contribution in [3.8, 4) is 11.8 Å². The number of alkyl halides is 1. The summed E-state index contributed by atoms with van der Waals surface area (Å²) in [5.74, 6) is -0.179. The number of carbonyl (C=O) groups excluding carboxylic acids is 2. The SMILES string of the molecule is CC(CSC(=O)c1ccc(Cl)c(Cl)c1)C(=O)O[C@H]1c2cc(C#N)ccc2OC(C)(C)[C@@H]1Br. The molecule has 0 spiro atoms. The molecule has 0 fully saturated rings. The summed E-state index contributed by atoms with van der Waals surface area (Å²) < 4.78 is 11.9. The van der Waals surface area contributed by atoms with Crippen LogP contribution in [0.15, 0.2) is 36.4 Å². The number of ether oxygens (including phenoxy) is 2. The first kappa shape index (κ1) is 24.9. The molecule has 2 aromatic rings. The second-order valence-electron chi connectivity index (χ2n) is 7.96. The van der Waals surface area contributed by atoms with Gasteiger partial charge in [0.2, 0.25) is 5.12 Å². The molecule has 1 heterocycles. The van der Waals surface area contributed by atoms with Gasteiger partial charge < -0.3 is 9.47 Å². The van der Waals surface area contributed by atoms with Crippen molar-refractivity contribution in [2.75, 3.05) is 5.75 Å². The number of carbonyl (C=O) groups is 2. The highest BCUT2D eigenvalue weighted by Crippen LogP contribution is 2.45. The number of thioether (sulfide) groups is 1. The number of rotatable bonds is 5. The van der Waals surface area contributed by atoms with Crippen LogP contribution in [0.1, 0.15) is 48.4 Å². The number of hydrogen-bond acceptors (Lipinski definition) is 6. The Kier molecular flexibility index (Phi) is 7.82. The van der Waals surface area contributed by atoms with Gasteiger partial charge in [-0.3, -0.25) is 9.59 Å². The summed E-state index contributed by atoms with van der Waals surface area (Å²) in [6.07, 6.45) is -0.646. The maximum absolute atomic E-state index is 12.9. The van der Waals surface area contributed by atoms with Gasteiger partial charge in [0.15, 0.2) is 0 Å². The third-order valence-corrected chi connectivity index (χ3v) is 8.50. The van der Waals surface area contributed by atoms with Crippen LogP contribution in [0.3, 0.4) is 0 Å². The molecule has 0 radical (unpaired) electrons. The van der Waals surface area contributed by atoms with Crippen molar-refractivity contribution in [3.63, 3.8) is 0 Å². The number of benzene rings is 2. The average molecular weight is 557 g/mol. The van der Waals surface area contributed by atoms with E-state index in [0.717, 1.165) is 11.8 Å². The van der Waals surface area contributed by atoms with Crippen LogP contribution in [0.4, 0.5) is 0 Å². The van der Waals surface area contributed by atoms with Gasteiger partial charge in [0, 0.05) is 16.9 Å². The maximum Gasteiger partial charge on any atom is 0.310 e. The lowest BCUT2D eigenvalue weighted by Crippen LogP contribution is -2.47. The van der Waals surface area contributed by atoms with Gasteiger partial charge in [0.05, 0.1) is 32.4 Å². The second-order valence-corrected chi connectivity index (χ2v) is 10.8. The highest BCUT2D eigenvalue weighted by Gasteiger charge is 2.45. The van der Waals surface area contributed by atoms with E-state index in [0.29, 0.717) is 32.5 Å². The molecule has 0 amide bonds. The molecule has 2 aromatic carbocycles. The molecule has 5 nitrogen and oxygen atoms in total. The van der Waals surface area contributed by atoms with Gasteiger partial charge in [-0.2, -0.15) is 5.26 Å². The van der Waals surface area contributed by atoms with Crippen LogP contribution in [0.2, 0.25) is 10.0 Å². The van der Waals surface area contributed by atoms with Crippen LogP contribution >= 0.6 is 50.9 Å². The Morgan fingerprint density at radius 2 is 1.97 bits per heavy atom.